The van der Waals surface area contributed by atoms with Gasteiger partial charge in [0, 0.05) is 30.3 Å². The quantitative estimate of drug-likeness (QED) is 0.591. The number of aryl methyl sites for hydroxylation is 1. The summed E-state index contributed by atoms with van der Waals surface area (Å²) < 4.78 is 16.1. The van der Waals surface area contributed by atoms with Gasteiger partial charge in [-0.2, -0.15) is 0 Å². The van der Waals surface area contributed by atoms with Gasteiger partial charge >= 0.3 is 0 Å². The minimum Gasteiger partial charge on any atom is -0.508 e. The second kappa shape index (κ2) is 9.25. The highest BCUT2D eigenvalue weighted by atomic mass is 35.5. The van der Waals surface area contributed by atoms with Gasteiger partial charge in [0.15, 0.2) is 11.5 Å². The van der Waals surface area contributed by atoms with Crippen molar-refractivity contribution in [2.24, 2.45) is 0 Å². The van der Waals surface area contributed by atoms with Crippen LogP contribution in [0.2, 0.25) is 0 Å². The zero-order valence-electron chi connectivity index (χ0n) is 15.4. The van der Waals surface area contributed by atoms with Crippen LogP contribution in [0.5, 0.6) is 17.2 Å². The summed E-state index contributed by atoms with van der Waals surface area (Å²) in [4.78, 5) is 8.63. The molecule has 0 saturated carbocycles. The van der Waals surface area contributed by atoms with Crippen LogP contribution in [0.1, 0.15) is 5.56 Å². The molecule has 0 saturated heterocycles. The maximum absolute atomic E-state index is 9.89. The molecule has 0 amide bonds. The second-order valence-corrected chi connectivity index (χ2v) is 5.71. The van der Waals surface area contributed by atoms with E-state index in [1.807, 2.05) is 31.2 Å². The van der Waals surface area contributed by atoms with Crippen LogP contribution in [0.3, 0.4) is 0 Å². The third-order valence-electron chi connectivity index (χ3n) is 3.94. The molecule has 2 aromatic carbocycles. The fourth-order valence-electron chi connectivity index (χ4n) is 2.49. The molecule has 27 heavy (non-hydrogen) atoms. The number of benzene rings is 2. The molecule has 3 rings (SSSR count). The van der Waals surface area contributed by atoms with Crippen molar-refractivity contribution in [2.75, 3.05) is 32.8 Å². The summed E-state index contributed by atoms with van der Waals surface area (Å²) in [5.74, 6) is 2.01. The van der Waals surface area contributed by atoms with Crippen molar-refractivity contribution in [1.29, 1.82) is 0 Å². The van der Waals surface area contributed by atoms with Crippen molar-refractivity contribution in [3.05, 3.63) is 42.2 Å². The standard InChI is InChI=1S/C19H21N3O4.ClH/c1-12-4-5-13(8-16(12)23)22-19-14-9-17(25-3)18(26-7-6-24-2)10-15(14)20-11-21-19;/h4-5,8-11,23H,6-7H2,1-3H3,(H,20,21,22);1H. The highest BCUT2D eigenvalue weighted by molar-refractivity contribution is 5.93. The number of methoxy groups -OCH3 is 2. The Morgan fingerprint density at radius 2 is 1.85 bits per heavy atom. The minimum absolute atomic E-state index is 0. The van der Waals surface area contributed by atoms with Crippen molar-refractivity contribution >= 4 is 34.8 Å². The summed E-state index contributed by atoms with van der Waals surface area (Å²) in [6.45, 7) is 2.74. The predicted octanol–water partition coefficient (Wildman–Crippen LogP) is 3.84. The number of halogens is 1. The first-order chi connectivity index (χ1) is 12.6. The highest BCUT2D eigenvalue weighted by Gasteiger charge is 2.12. The summed E-state index contributed by atoms with van der Waals surface area (Å²) in [6, 6.07) is 9.01. The number of anilines is 2. The molecule has 7 nitrogen and oxygen atoms in total. The van der Waals surface area contributed by atoms with E-state index in [4.69, 9.17) is 14.2 Å². The number of ether oxygens (including phenoxy) is 3. The van der Waals surface area contributed by atoms with Crippen LogP contribution < -0.4 is 14.8 Å². The van der Waals surface area contributed by atoms with Gasteiger partial charge in [-0.15, -0.1) is 12.4 Å². The summed E-state index contributed by atoms with van der Waals surface area (Å²) in [5.41, 5.74) is 2.25. The van der Waals surface area contributed by atoms with Gasteiger partial charge < -0.3 is 24.6 Å². The van der Waals surface area contributed by atoms with Crippen molar-refractivity contribution in [3.63, 3.8) is 0 Å². The lowest BCUT2D eigenvalue weighted by Gasteiger charge is -2.14. The Balaban J connectivity index is 0.00000261. The third kappa shape index (κ3) is 4.69. The molecule has 0 spiro atoms. The Morgan fingerprint density at radius 3 is 2.56 bits per heavy atom. The van der Waals surface area contributed by atoms with E-state index in [-0.39, 0.29) is 18.2 Å². The van der Waals surface area contributed by atoms with E-state index in [0.29, 0.717) is 36.0 Å². The fourth-order valence-corrected chi connectivity index (χ4v) is 2.49. The molecule has 0 radical (unpaired) electrons. The van der Waals surface area contributed by atoms with Crippen LogP contribution in [-0.2, 0) is 4.74 Å². The van der Waals surface area contributed by atoms with E-state index in [1.54, 1.807) is 20.3 Å². The van der Waals surface area contributed by atoms with Gasteiger partial charge in [-0.1, -0.05) is 6.07 Å². The molecular formula is C19H22ClN3O4. The molecule has 0 aliphatic heterocycles. The first-order valence-corrected chi connectivity index (χ1v) is 8.13. The summed E-state index contributed by atoms with van der Waals surface area (Å²) >= 11 is 0. The van der Waals surface area contributed by atoms with Gasteiger partial charge in [-0.3, -0.25) is 0 Å². The van der Waals surface area contributed by atoms with E-state index in [9.17, 15) is 5.11 Å². The van der Waals surface area contributed by atoms with Gasteiger partial charge in [-0.05, 0) is 24.6 Å². The maximum Gasteiger partial charge on any atom is 0.163 e. The van der Waals surface area contributed by atoms with Crippen molar-refractivity contribution in [2.45, 2.75) is 6.92 Å². The molecule has 8 heteroatoms. The number of hydrogen-bond donors (Lipinski definition) is 2. The predicted molar refractivity (Wildman–Crippen MR) is 107 cm³/mol. The van der Waals surface area contributed by atoms with Gasteiger partial charge in [0.25, 0.3) is 0 Å². The van der Waals surface area contributed by atoms with Crippen molar-refractivity contribution in [3.8, 4) is 17.2 Å². The summed E-state index contributed by atoms with van der Waals surface area (Å²) in [7, 11) is 3.20. The average Bonchev–Trinajstić information content (AvgIpc) is 2.64. The number of rotatable bonds is 7. The lowest BCUT2D eigenvalue weighted by molar-refractivity contribution is 0.144. The van der Waals surface area contributed by atoms with Crippen LogP contribution in [0.4, 0.5) is 11.5 Å². The number of aromatic hydroxyl groups is 1. The third-order valence-corrected chi connectivity index (χ3v) is 3.94. The molecule has 3 aromatic rings. The zero-order chi connectivity index (χ0) is 18.5. The molecule has 0 bridgehead atoms. The van der Waals surface area contributed by atoms with E-state index in [1.165, 1.54) is 6.33 Å². The number of fused-ring (bicyclic) bond motifs is 1. The Morgan fingerprint density at radius 1 is 1.04 bits per heavy atom. The SMILES string of the molecule is COCCOc1cc2ncnc(Nc3ccc(C)c(O)c3)c2cc1OC.Cl. The topological polar surface area (TPSA) is 85.7 Å². The lowest BCUT2D eigenvalue weighted by atomic mass is 10.2. The number of phenols is 1. The smallest absolute Gasteiger partial charge is 0.163 e. The summed E-state index contributed by atoms with van der Waals surface area (Å²) in [6.07, 6.45) is 1.48. The maximum atomic E-state index is 9.89. The molecule has 2 N–H and O–H groups in total. The van der Waals surface area contributed by atoms with Crippen LogP contribution in [0.25, 0.3) is 10.9 Å². The van der Waals surface area contributed by atoms with E-state index < -0.39 is 0 Å². The van der Waals surface area contributed by atoms with Crippen LogP contribution >= 0.6 is 12.4 Å². The zero-order valence-corrected chi connectivity index (χ0v) is 16.2. The van der Waals surface area contributed by atoms with Gasteiger partial charge in [0.05, 0.1) is 19.2 Å². The minimum atomic E-state index is 0. The Kier molecular flexibility index (Phi) is 7.04. The van der Waals surface area contributed by atoms with Gasteiger partial charge in [0.2, 0.25) is 0 Å². The molecule has 1 heterocycles. The number of nitrogens with one attached hydrogen (secondary N) is 1. The average molecular weight is 392 g/mol. The van der Waals surface area contributed by atoms with Gasteiger partial charge in [-0.25, -0.2) is 9.97 Å². The largest absolute Gasteiger partial charge is 0.508 e. The first-order valence-electron chi connectivity index (χ1n) is 8.13. The Hall–Kier alpha value is -2.77. The normalized spacial score (nSPS) is 10.3. The van der Waals surface area contributed by atoms with Crippen LogP contribution in [0, 0.1) is 6.92 Å². The van der Waals surface area contributed by atoms with Crippen molar-refractivity contribution in [1.82, 2.24) is 9.97 Å². The summed E-state index contributed by atoms with van der Waals surface area (Å²) in [5, 5.41) is 13.9. The van der Waals surface area contributed by atoms with E-state index in [0.717, 1.165) is 16.6 Å². The number of hydrogen-bond acceptors (Lipinski definition) is 7. The van der Waals surface area contributed by atoms with E-state index >= 15 is 0 Å². The van der Waals surface area contributed by atoms with Crippen LogP contribution in [0.15, 0.2) is 36.7 Å². The van der Waals surface area contributed by atoms with E-state index in [2.05, 4.69) is 15.3 Å². The van der Waals surface area contributed by atoms with Crippen molar-refractivity contribution < 1.29 is 19.3 Å². The molecule has 0 atom stereocenters. The molecule has 144 valence electrons. The van der Waals surface area contributed by atoms with Gasteiger partial charge in [0.1, 0.15) is 24.5 Å². The second-order valence-electron chi connectivity index (χ2n) is 5.71. The Bertz CT molecular complexity index is 921. The van der Waals surface area contributed by atoms with Crippen LogP contribution in [-0.4, -0.2) is 42.5 Å². The molecular weight excluding hydrogens is 370 g/mol. The Labute approximate surface area is 163 Å². The lowest BCUT2D eigenvalue weighted by Crippen LogP contribution is -2.05. The molecule has 0 aliphatic carbocycles. The molecule has 0 aliphatic rings. The highest BCUT2D eigenvalue weighted by Crippen LogP contribution is 2.35. The number of aromatic nitrogens is 2. The number of nitrogens with zero attached hydrogens (tertiary/aromatic N) is 2. The molecule has 0 unspecified atom stereocenters. The number of phenolic OH excluding ortho intramolecular Hbond substituents is 1. The fraction of sp³-hybridized carbons (Fsp3) is 0.263. The molecule has 1 aromatic heterocycles. The first kappa shape index (κ1) is 20.5. The monoisotopic (exact) mass is 391 g/mol. The molecule has 0 fully saturated rings.